The molecule has 1 aromatic carbocycles. The first-order chi connectivity index (χ1) is 9.91. The lowest BCUT2D eigenvalue weighted by Gasteiger charge is -2.28. The van der Waals surface area contributed by atoms with Crippen LogP contribution in [0.15, 0.2) is 24.3 Å². The quantitative estimate of drug-likeness (QED) is 0.847. The monoisotopic (exact) mass is 291 g/mol. The lowest BCUT2D eigenvalue weighted by molar-refractivity contribution is 0.0128. The van der Waals surface area contributed by atoms with Crippen LogP contribution < -0.4 is 15.5 Å². The first-order valence-corrected chi connectivity index (χ1v) is 7.38. The average molecular weight is 291 g/mol. The van der Waals surface area contributed by atoms with Crippen molar-refractivity contribution in [1.29, 1.82) is 0 Å². The second-order valence-electron chi connectivity index (χ2n) is 6.15. The second-order valence-corrected chi connectivity index (χ2v) is 6.15. The van der Waals surface area contributed by atoms with Crippen LogP contribution in [0.25, 0.3) is 0 Å². The third-order valence-electron chi connectivity index (χ3n) is 3.78. The van der Waals surface area contributed by atoms with Crippen LogP contribution in [0, 0.1) is 0 Å². The molecule has 0 saturated carbocycles. The molecule has 2 amide bonds. The van der Waals surface area contributed by atoms with E-state index in [2.05, 4.69) is 31.4 Å². The number of hydrogen-bond acceptors (Lipinski definition) is 3. The zero-order chi connectivity index (χ0) is 15.5. The molecule has 1 aromatic rings. The van der Waals surface area contributed by atoms with Crippen LogP contribution in [0.3, 0.4) is 0 Å². The van der Waals surface area contributed by atoms with E-state index < -0.39 is 0 Å². The van der Waals surface area contributed by atoms with E-state index in [0.717, 1.165) is 17.8 Å². The van der Waals surface area contributed by atoms with Gasteiger partial charge in [-0.1, -0.05) is 6.07 Å². The highest BCUT2D eigenvalue weighted by molar-refractivity contribution is 5.94. The molecule has 5 nitrogen and oxygen atoms in total. The number of benzene rings is 1. The molecule has 0 bridgehead atoms. The Kier molecular flexibility index (Phi) is 4.73. The molecule has 21 heavy (non-hydrogen) atoms. The smallest absolute Gasteiger partial charge is 0.321 e. The number of amides is 2. The van der Waals surface area contributed by atoms with Crippen molar-refractivity contribution >= 4 is 17.4 Å². The Morgan fingerprint density at radius 2 is 2.24 bits per heavy atom. The summed E-state index contributed by atoms with van der Waals surface area (Å²) in [6, 6.07) is 8.22. The number of methoxy groups -OCH3 is 1. The van der Waals surface area contributed by atoms with Crippen LogP contribution in [0.4, 0.5) is 16.2 Å². The maximum atomic E-state index is 11.7. The predicted octanol–water partition coefficient (Wildman–Crippen LogP) is 2.83. The van der Waals surface area contributed by atoms with Crippen molar-refractivity contribution in [2.45, 2.75) is 38.8 Å². The number of nitrogens with one attached hydrogen (secondary N) is 2. The lowest BCUT2D eigenvalue weighted by Crippen LogP contribution is -2.31. The van der Waals surface area contributed by atoms with E-state index in [9.17, 15) is 4.79 Å². The van der Waals surface area contributed by atoms with Gasteiger partial charge in [-0.25, -0.2) is 4.79 Å². The number of nitrogens with zero attached hydrogens (tertiary/aromatic N) is 1. The zero-order valence-corrected chi connectivity index (χ0v) is 13.3. The number of hydrogen-bond donors (Lipinski definition) is 2. The fourth-order valence-corrected chi connectivity index (χ4v) is 2.64. The van der Waals surface area contributed by atoms with Crippen LogP contribution in [-0.4, -0.2) is 37.9 Å². The standard InChI is InChI=1S/C16H25N3O2/c1-12(11-16(2,3)21-4)18-13-6-5-7-14(10-13)19-9-8-17-15(19)20/h5-7,10,12,18H,8-9,11H2,1-4H3,(H,17,20). The SMILES string of the molecule is COC(C)(C)CC(C)Nc1cccc(N2CCNC2=O)c1. The summed E-state index contributed by atoms with van der Waals surface area (Å²) in [5.41, 5.74) is 1.79. The molecular formula is C16H25N3O2. The minimum absolute atomic E-state index is 0.0271. The van der Waals surface area contributed by atoms with Gasteiger partial charge >= 0.3 is 6.03 Å². The molecule has 1 atom stereocenters. The van der Waals surface area contributed by atoms with E-state index in [1.165, 1.54) is 0 Å². The van der Waals surface area contributed by atoms with E-state index in [4.69, 9.17) is 4.74 Å². The van der Waals surface area contributed by atoms with Gasteiger partial charge in [0.2, 0.25) is 0 Å². The van der Waals surface area contributed by atoms with Gasteiger partial charge in [0.1, 0.15) is 0 Å². The fourth-order valence-electron chi connectivity index (χ4n) is 2.64. The Bertz CT molecular complexity index is 502. The molecule has 1 fully saturated rings. The molecule has 1 heterocycles. The summed E-state index contributed by atoms with van der Waals surface area (Å²) in [5.74, 6) is 0. The topological polar surface area (TPSA) is 53.6 Å². The fraction of sp³-hybridized carbons (Fsp3) is 0.562. The molecule has 1 unspecified atom stereocenters. The van der Waals surface area contributed by atoms with Gasteiger partial charge in [-0.3, -0.25) is 4.90 Å². The Labute approximate surface area is 126 Å². The van der Waals surface area contributed by atoms with Crippen molar-refractivity contribution in [1.82, 2.24) is 5.32 Å². The number of anilines is 2. The molecule has 1 saturated heterocycles. The Morgan fingerprint density at radius 3 is 2.86 bits per heavy atom. The highest BCUT2D eigenvalue weighted by atomic mass is 16.5. The normalized spacial score (nSPS) is 16.8. The molecule has 0 radical (unpaired) electrons. The maximum Gasteiger partial charge on any atom is 0.321 e. The van der Waals surface area contributed by atoms with Crippen molar-refractivity contribution in [3.05, 3.63) is 24.3 Å². The maximum absolute atomic E-state index is 11.7. The minimum Gasteiger partial charge on any atom is -0.382 e. The largest absolute Gasteiger partial charge is 0.382 e. The van der Waals surface area contributed by atoms with Crippen LogP contribution in [-0.2, 0) is 4.74 Å². The van der Waals surface area contributed by atoms with Crippen molar-refractivity contribution in [3.8, 4) is 0 Å². The van der Waals surface area contributed by atoms with Gasteiger partial charge in [0.25, 0.3) is 0 Å². The summed E-state index contributed by atoms with van der Waals surface area (Å²) in [6.07, 6.45) is 0.901. The number of carbonyl (C=O) groups excluding carboxylic acids is 1. The Balaban J connectivity index is 2.02. The first kappa shape index (κ1) is 15.6. The highest BCUT2D eigenvalue weighted by Crippen LogP contribution is 2.23. The molecule has 2 N–H and O–H groups in total. The van der Waals surface area contributed by atoms with Gasteiger partial charge in [-0.05, 0) is 45.4 Å². The predicted molar refractivity (Wildman–Crippen MR) is 86.0 cm³/mol. The van der Waals surface area contributed by atoms with Gasteiger partial charge in [0, 0.05) is 37.6 Å². The number of ether oxygens (including phenoxy) is 1. The third-order valence-corrected chi connectivity index (χ3v) is 3.78. The molecule has 116 valence electrons. The van der Waals surface area contributed by atoms with Gasteiger partial charge < -0.3 is 15.4 Å². The molecular weight excluding hydrogens is 266 g/mol. The highest BCUT2D eigenvalue weighted by Gasteiger charge is 2.22. The summed E-state index contributed by atoms with van der Waals surface area (Å²) in [6.45, 7) is 7.71. The molecule has 0 spiro atoms. The number of rotatable bonds is 6. The zero-order valence-electron chi connectivity index (χ0n) is 13.3. The van der Waals surface area contributed by atoms with Crippen molar-refractivity contribution < 1.29 is 9.53 Å². The summed E-state index contributed by atoms with van der Waals surface area (Å²) in [7, 11) is 1.74. The van der Waals surface area contributed by atoms with E-state index in [1.54, 1.807) is 12.0 Å². The van der Waals surface area contributed by atoms with Gasteiger partial charge in [-0.15, -0.1) is 0 Å². The number of urea groups is 1. The van der Waals surface area contributed by atoms with Crippen LogP contribution >= 0.6 is 0 Å². The summed E-state index contributed by atoms with van der Waals surface area (Å²) >= 11 is 0. The van der Waals surface area contributed by atoms with Crippen molar-refractivity contribution in [2.75, 3.05) is 30.4 Å². The van der Waals surface area contributed by atoms with Crippen LogP contribution in [0.1, 0.15) is 27.2 Å². The minimum atomic E-state index is -0.154. The summed E-state index contributed by atoms with van der Waals surface area (Å²) in [4.78, 5) is 13.5. The third kappa shape index (κ3) is 4.11. The number of carbonyl (C=O) groups is 1. The Hall–Kier alpha value is -1.75. The second kappa shape index (κ2) is 6.35. The molecule has 1 aliphatic heterocycles. The lowest BCUT2D eigenvalue weighted by atomic mass is 9.99. The Morgan fingerprint density at radius 1 is 1.48 bits per heavy atom. The van der Waals surface area contributed by atoms with Crippen molar-refractivity contribution in [3.63, 3.8) is 0 Å². The average Bonchev–Trinajstić information content (AvgIpc) is 2.84. The molecule has 5 heteroatoms. The van der Waals surface area contributed by atoms with Crippen LogP contribution in [0.2, 0.25) is 0 Å². The van der Waals surface area contributed by atoms with E-state index in [-0.39, 0.29) is 17.7 Å². The van der Waals surface area contributed by atoms with Gasteiger partial charge in [-0.2, -0.15) is 0 Å². The van der Waals surface area contributed by atoms with E-state index >= 15 is 0 Å². The van der Waals surface area contributed by atoms with Crippen LogP contribution in [0.5, 0.6) is 0 Å². The first-order valence-electron chi connectivity index (χ1n) is 7.38. The molecule has 0 aliphatic carbocycles. The van der Waals surface area contributed by atoms with E-state index in [1.807, 2.05) is 24.3 Å². The molecule has 1 aliphatic rings. The molecule has 2 rings (SSSR count). The van der Waals surface area contributed by atoms with Gasteiger partial charge in [0.15, 0.2) is 0 Å². The molecule has 0 aromatic heterocycles. The van der Waals surface area contributed by atoms with Crippen molar-refractivity contribution in [2.24, 2.45) is 0 Å². The summed E-state index contributed by atoms with van der Waals surface area (Å²) < 4.78 is 5.46. The van der Waals surface area contributed by atoms with E-state index in [0.29, 0.717) is 13.1 Å². The summed E-state index contributed by atoms with van der Waals surface area (Å²) in [5, 5.41) is 6.29. The van der Waals surface area contributed by atoms with Gasteiger partial charge in [0.05, 0.1) is 5.60 Å².